The minimum absolute atomic E-state index is 0. The van der Waals surface area contributed by atoms with E-state index in [1.807, 2.05) is 30.3 Å². The maximum absolute atomic E-state index is 11.7. The van der Waals surface area contributed by atoms with Crippen molar-refractivity contribution >= 4 is 18.4 Å². The molecule has 2 rings (SSSR count). The number of nitrogens with two attached hydrogens (primary N) is 1. The second-order valence-electron chi connectivity index (χ2n) is 5.13. The molecule has 0 aliphatic heterocycles. The average molecular weight is 284 g/mol. The fraction of sp³-hybridized carbons (Fsp3) is 0.533. The van der Waals surface area contributed by atoms with Crippen LogP contribution in [0.5, 0.6) is 0 Å². The molecule has 1 aromatic carbocycles. The van der Waals surface area contributed by atoms with Gasteiger partial charge in [0, 0.05) is 12.5 Å². The van der Waals surface area contributed by atoms with E-state index in [2.05, 4.69) is 0 Å². The lowest BCUT2D eigenvalue weighted by atomic mass is 9.84. The van der Waals surface area contributed by atoms with E-state index in [1.165, 1.54) is 0 Å². The highest BCUT2D eigenvalue weighted by Crippen LogP contribution is 2.26. The highest BCUT2D eigenvalue weighted by atomic mass is 35.5. The maximum atomic E-state index is 11.7. The second-order valence-corrected chi connectivity index (χ2v) is 5.13. The minimum atomic E-state index is -0.0840. The number of halogens is 1. The van der Waals surface area contributed by atoms with E-state index in [0.717, 1.165) is 31.2 Å². The van der Waals surface area contributed by atoms with Gasteiger partial charge in [-0.1, -0.05) is 30.3 Å². The Hall–Kier alpha value is -1.06. The Kier molecular flexibility index (Phi) is 6.89. The van der Waals surface area contributed by atoms with E-state index in [1.54, 1.807) is 0 Å². The highest BCUT2D eigenvalue weighted by Gasteiger charge is 2.21. The van der Waals surface area contributed by atoms with Crippen LogP contribution in [-0.2, 0) is 16.1 Å². The van der Waals surface area contributed by atoms with Gasteiger partial charge in [0.25, 0.3) is 0 Å². The summed E-state index contributed by atoms with van der Waals surface area (Å²) in [5.41, 5.74) is 6.88. The van der Waals surface area contributed by atoms with Crippen LogP contribution < -0.4 is 5.73 Å². The molecule has 0 amide bonds. The smallest absolute Gasteiger partial charge is 0.306 e. The SMILES string of the molecule is Cl.N[C@H]1CC[C@H](CC(=O)OCc2ccccc2)CC1. The van der Waals surface area contributed by atoms with E-state index < -0.39 is 0 Å². The topological polar surface area (TPSA) is 52.3 Å². The Morgan fingerprint density at radius 3 is 2.42 bits per heavy atom. The Labute approximate surface area is 120 Å². The molecule has 2 N–H and O–H groups in total. The van der Waals surface area contributed by atoms with Crippen LogP contribution in [0.25, 0.3) is 0 Å². The van der Waals surface area contributed by atoms with Crippen LogP contribution in [0.15, 0.2) is 30.3 Å². The van der Waals surface area contributed by atoms with Gasteiger partial charge in [-0.05, 0) is 37.2 Å². The third-order valence-electron chi connectivity index (χ3n) is 3.59. The van der Waals surface area contributed by atoms with Gasteiger partial charge >= 0.3 is 5.97 Å². The van der Waals surface area contributed by atoms with E-state index in [0.29, 0.717) is 25.0 Å². The van der Waals surface area contributed by atoms with Gasteiger partial charge in [0.15, 0.2) is 0 Å². The van der Waals surface area contributed by atoms with Crippen molar-refractivity contribution in [3.63, 3.8) is 0 Å². The van der Waals surface area contributed by atoms with Crippen LogP contribution in [0.1, 0.15) is 37.7 Å². The number of hydrogen-bond acceptors (Lipinski definition) is 3. The van der Waals surface area contributed by atoms with Crippen LogP contribution in [0.2, 0.25) is 0 Å². The van der Waals surface area contributed by atoms with Gasteiger partial charge in [-0.2, -0.15) is 0 Å². The van der Waals surface area contributed by atoms with E-state index >= 15 is 0 Å². The molecule has 1 aliphatic rings. The zero-order valence-corrected chi connectivity index (χ0v) is 11.9. The van der Waals surface area contributed by atoms with E-state index in [9.17, 15) is 4.79 Å². The third kappa shape index (κ3) is 5.62. The van der Waals surface area contributed by atoms with Crippen molar-refractivity contribution in [2.45, 2.75) is 44.8 Å². The normalized spacial score (nSPS) is 22.4. The standard InChI is InChI=1S/C15H21NO2.ClH/c16-14-8-6-12(7-9-14)10-15(17)18-11-13-4-2-1-3-5-13;/h1-5,12,14H,6-11,16H2;1H/t12-,14-;. The van der Waals surface area contributed by atoms with Gasteiger partial charge in [0.2, 0.25) is 0 Å². The summed E-state index contributed by atoms with van der Waals surface area (Å²) in [4.78, 5) is 11.7. The van der Waals surface area contributed by atoms with Crippen LogP contribution in [-0.4, -0.2) is 12.0 Å². The van der Waals surface area contributed by atoms with Crippen LogP contribution in [0.4, 0.5) is 0 Å². The average Bonchev–Trinajstić information content (AvgIpc) is 2.40. The molecule has 4 heteroatoms. The summed E-state index contributed by atoms with van der Waals surface area (Å²) >= 11 is 0. The molecule has 1 aromatic rings. The first-order valence-electron chi connectivity index (χ1n) is 6.69. The van der Waals surface area contributed by atoms with Crippen molar-refractivity contribution < 1.29 is 9.53 Å². The fourth-order valence-corrected chi connectivity index (χ4v) is 2.43. The molecular weight excluding hydrogens is 262 g/mol. The molecular formula is C15H22ClNO2. The molecule has 0 saturated heterocycles. The molecule has 1 saturated carbocycles. The number of benzene rings is 1. The molecule has 0 bridgehead atoms. The lowest BCUT2D eigenvalue weighted by molar-refractivity contribution is -0.146. The number of ether oxygens (including phenoxy) is 1. The van der Waals surface area contributed by atoms with Crippen LogP contribution >= 0.6 is 12.4 Å². The first kappa shape index (κ1) is 16.0. The minimum Gasteiger partial charge on any atom is -0.461 e. The van der Waals surface area contributed by atoms with Crippen molar-refractivity contribution in [3.8, 4) is 0 Å². The molecule has 3 nitrogen and oxygen atoms in total. The molecule has 1 fully saturated rings. The van der Waals surface area contributed by atoms with Crippen molar-refractivity contribution in [2.24, 2.45) is 11.7 Å². The van der Waals surface area contributed by atoms with E-state index in [-0.39, 0.29) is 18.4 Å². The molecule has 0 radical (unpaired) electrons. The van der Waals surface area contributed by atoms with Crippen LogP contribution in [0.3, 0.4) is 0 Å². The summed E-state index contributed by atoms with van der Waals surface area (Å²) in [5, 5.41) is 0. The third-order valence-corrected chi connectivity index (χ3v) is 3.59. The van der Waals surface area contributed by atoms with Gasteiger partial charge in [-0.3, -0.25) is 4.79 Å². The predicted molar refractivity (Wildman–Crippen MR) is 78.0 cm³/mol. The van der Waals surface area contributed by atoms with Crippen LogP contribution in [0, 0.1) is 5.92 Å². The molecule has 0 spiro atoms. The van der Waals surface area contributed by atoms with Crippen molar-refractivity contribution in [1.82, 2.24) is 0 Å². The lowest BCUT2D eigenvalue weighted by Crippen LogP contribution is -2.27. The number of carbonyl (C=O) groups excluding carboxylic acids is 1. The number of rotatable bonds is 4. The van der Waals surface area contributed by atoms with Gasteiger partial charge in [-0.15, -0.1) is 12.4 Å². The van der Waals surface area contributed by atoms with Gasteiger partial charge in [-0.25, -0.2) is 0 Å². The summed E-state index contributed by atoms with van der Waals surface area (Å²) in [6, 6.07) is 10.1. The molecule has 0 atom stereocenters. The summed E-state index contributed by atoms with van der Waals surface area (Å²) in [6.07, 6.45) is 4.73. The Morgan fingerprint density at radius 2 is 1.79 bits per heavy atom. The Morgan fingerprint density at radius 1 is 1.16 bits per heavy atom. The lowest BCUT2D eigenvalue weighted by Gasteiger charge is -2.25. The molecule has 106 valence electrons. The zero-order valence-electron chi connectivity index (χ0n) is 11.1. The predicted octanol–water partition coefficient (Wildman–Crippen LogP) is 3.06. The summed E-state index contributed by atoms with van der Waals surface area (Å²) in [7, 11) is 0. The Bertz CT molecular complexity index is 375. The van der Waals surface area contributed by atoms with Gasteiger partial charge in [0.1, 0.15) is 6.61 Å². The first-order chi connectivity index (χ1) is 8.74. The number of hydrogen-bond donors (Lipinski definition) is 1. The second kappa shape index (κ2) is 8.18. The van der Waals surface area contributed by atoms with Crippen molar-refractivity contribution in [3.05, 3.63) is 35.9 Å². The van der Waals surface area contributed by atoms with Crippen molar-refractivity contribution in [2.75, 3.05) is 0 Å². The molecule has 0 heterocycles. The summed E-state index contributed by atoms with van der Waals surface area (Å²) < 4.78 is 5.29. The highest BCUT2D eigenvalue weighted by molar-refractivity contribution is 5.85. The van der Waals surface area contributed by atoms with Crippen molar-refractivity contribution in [1.29, 1.82) is 0 Å². The van der Waals surface area contributed by atoms with E-state index in [4.69, 9.17) is 10.5 Å². The first-order valence-corrected chi connectivity index (χ1v) is 6.69. The number of carbonyl (C=O) groups is 1. The largest absolute Gasteiger partial charge is 0.461 e. The van der Waals surface area contributed by atoms with Gasteiger partial charge < -0.3 is 10.5 Å². The quantitative estimate of drug-likeness (QED) is 0.864. The monoisotopic (exact) mass is 283 g/mol. The molecule has 1 aliphatic carbocycles. The maximum Gasteiger partial charge on any atom is 0.306 e. The zero-order chi connectivity index (χ0) is 12.8. The molecule has 0 unspecified atom stereocenters. The number of esters is 1. The fourth-order valence-electron chi connectivity index (χ4n) is 2.43. The molecule has 0 aromatic heterocycles. The summed E-state index contributed by atoms with van der Waals surface area (Å²) in [5.74, 6) is 0.382. The molecule has 19 heavy (non-hydrogen) atoms. The summed E-state index contributed by atoms with van der Waals surface area (Å²) in [6.45, 7) is 0.381. The van der Waals surface area contributed by atoms with Gasteiger partial charge in [0.05, 0.1) is 0 Å². The Balaban J connectivity index is 0.00000180.